The van der Waals surface area contributed by atoms with Crippen molar-refractivity contribution in [2.24, 2.45) is 0 Å². The number of fused-ring (bicyclic) bond motifs is 1. The molecule has 7 heteroatoms. The van der Waals surface area contributed by atoms with Gasteiger partial charge >= 0.3 is 0 Å². The summed E-state index contributed by atoms with van der Waals surface area (Å²) in [5, 5.41) is 5.19. The van der Waals surface area contributed by atoms with E-state index in [0.29, 0.717) is 17.5 Å². The van der Waals surface area contributed by atoms with E-state index in [2.05, 4.69) is 15.0 Å². The molecule has 0 N–H and O–H groups in total. The van der Waals surface area contributed by atoms with Crippen molar-refractivity contribution in [1.29, 1.82) is 0 Å². The predicted octanol–water partition coefficient (Wildman–Crippen LogP) is 3.02. The second-order valence-electron chi connectivity index (χ2n) is 6.39. The van der Waals surface area contributed by atoms with Gasteiger partial charge in [-0.25, -0.2) is 9.37 Å². The Hall–Kier alpha value is -2.12. The van der Waals surface area contributed by atoms with Crippen molar-refractivity contribution in [2.75, 3.05) is 0 Å². The molecule has 1 fully saturated rings. The van der Waals surface area contributed by atoms with Crippen molar-refractivity contribution in [3.8, 4) is 0 Å². The zero-order valence-electron chi connectivity index (χ0n) is 14.0. The van der Waals surface area contributed by atoms with Gasteiger partial charge in [0.15, 0.2) is 0 Å². The maximum Gasteiger partial charge on any atom is 0.275 e. The lowest BCUT2D eigenvalue weighted by Crippen LogP contribution is -2.27. The lowest BCUT2D eigenvalue weighted by molar-refractivity contribution is 0.242. The molecular formula is C18H19FN4OS. The summed E-state index contributed by atoms with van der Waals surface area (Å²) in [7, 11) is 0. The summed E-state index contributed by atoms with van der Waals surface area (Å²) < 4.78 is 14.5. The molecule has 4 rings (SSSR count). The van der Waals surface area contributed by atoms with Crippen LogP contribution in [0.5, 0.6) is 0 Å². The van der Waals surface area contributed by atoms with Crippen molar-refractivity contribution in [3.63, 3.8) is 0 Å². The lowest BCUT2D eigenvalue weighted by Gasteiger charge is -2.21. The van der Waals surface area contributed by atoms with E-state index in [0.717, 1.165) is 42.1 Å². The smallest absolute Gasteiger partial charge is 0.275 e. The second kappa shape index (κ2) is 6.65. The summed E-state index contributed by atoms with van der Waals surface area (Å²) in [6.45, 7) is 3.36. The average molecular weight is 358 g/mol. The first-order valence-electron chi connectivity index (χ1n) is 8.49. The average Bonchev–Trinajstić information content (AvgIpc) is 3.36. The first-order chi connectivity index (χ1) is 12.1. The highest BCUT2D eigenvalue weighted by Crippen LogP contribution is 2.29. The Morgan fingerprint density at radius 3 is 2.72 bits per heavy atom. The third-order valence-electron chi connectivity index (χ3n) is 4.37. The Balaban J connectivity index is 1.58. The molecule has 1 aliphatic rings. The summed E-state index contributed by atoms with van der Waals surface area (Å²) in [5.41, 5.74) is 1.70. The van der Waals surface area contributed by atoms with Crippen LogP contribution in [-0.4, -0.2) is 25.5 Å². The second-order valence-corrected chi connectivity index (χ2v) is 7.43. The Morgan fingerprint density at radius 1 is 1.28 bits per heavy atom. The summed E-state index contributed by atoms with van der Waals surface area (Å²) in [5.74, 6) is -0.223. The fourth-order valence-corrected chi connectivity index (χ4v) is 3.76. The zero-order chi connectivity index (χ0) is 17.4. The monoisotopic (exact) mass is 358 g/mol. The topological polar surface area (TPSA) is 50.5 Å². The van der Waals surface area contributed by atoms with Gasteiger partial charge < -0.3 is 0 Å². The minimum atomic E-state index is -0.223. The number of hydrogen-bond acceptors (Lipinski definition) is 5. The Labute approximate surface area is 148 Å². The van der Waals surface area contributed by atoms with Crippen LogP contribution in [0, 0.1) is 5.82 Å². The van der Waals surface area contributed by atoms with E-state index in [1.165, 1.54) is 28.0 Å². The fourth-order valence-electron chi connectivity index (χ4n) is 2.91. The molecule has 1 aromatic carbocycles. The Bertz CT molecular complexity index is 946. The van der Waals surface area contributed by atoms with Crippen LogP contribution in [0.2, 0.25) is 0 Å². The molecule has 25 heavy (non-hydrogen) atoms. The van der Waals surface area contributed by atoms with Crippen LogP contribution in [-0.2, 0) is 19.5 Å². The molecule has 0 unspecified atom stereocenters. The van der Waals surface area contributed by atoms with Gasteiger partial charge in [-0.15, -0.1) is 0 Å². The molecule has 0 radical (unpaired) electrons. The molecule has 2 aromatic heterocycles. The van der Waals surface area contributed by atoms with Crippen LogP contribution < -0.4 is 5.56 Å². The fraction of sp³-hybridized carbons (Fsp3) is 0.389. The largest absolute Gasteiger partial charge is 0.290 e. The number of nitrogens with zero attached hydrogens (tertiary/aromatic N) is 4. The number of rotatable bonds is 6. The molecular weight excluding hydrogens is 339 g/mol. The van der Waals surface area contributed by atoms with Crippen LogP contribution in [0.25, 0.3) is 4.96 Å². The van der Waals surface area contributed by atoms with Crippen molar-refractivity contribution < 1.29 is 4.39 Å². The Morgan fingerprint density at radius 2 is 2.04 bits per heavy atom. The van der Waals surface area contributed by atoms with Crippen LogP contribution >= 0.6 is 11.3 Å². The minimum Gasteiger partial charge on any atom is -0.290 e. The van der Waals surface area contributed by atoms with E-state index in [-0.39, 0.29) is 11.4 Å². The van der Waals surface area contributed by atoms with Crippen molar-refractivity contribution >= 4 is 16.3 Å². The molecule has 0 saturated heterocycles. The maximum absolute atomic E-state index is 13.1. The van der Waals surface area contributed by atoms with Gasteiger partial charge in [0.1, 0.15) is 10.8 Å². The van der Waals surface area contributed by atoms with Crippen molar-refractivity contribution in [1.82, 2.24) is 19.5 Å². The van der Waals surface area contributed by atoms with Gasteiger partial charge in [-0.1, -0.05) is 30.4 Å². The van der Waals surface area contributed by atoms with Gasteiger partial charge in [0.25, 0.3) is 5.56 Å². The van der Waals surface area contributed by atoms with Gasteiger partial charge in [0.2, 0.25) is 4.96 Å². The molecule has 1 saturated carbocycles. The predicted molar refractivity (Wildman–Crippen MR) is 95.2 cm³/mol. The van der Waals surface area contributed by atoms with E-state index in [9.17, 15) is 9.18 Å². The third-order valence-corrected chi connectivity index (χ3v) is 5.42. The highest BCUT2D eigenvalue weighted by Gasteiger charge is 2.29. The summed E-state index contributed by atoms with van der Waals surface area (Å²) in [4.78, 5) is 19.9. The van der Waals surface area contributed by atoms with Crippen LogP contribution in [0.3, 0.4) is 0 Å². The molecule has 0 spiro atoms. The minimum absolute atomic E-state index is 0.131. The van der Waals surface area contributed by atoms with Gasteiger partial charge in [-0.05, 0) is 37.0 Å². The van der Waals surface area contributed by atoms with Gasteiger partial charge in [-0.2, -0.15) is 9.61 Å². The molecule has 3 aromatic rings. The van der Waals surface area contributed by atoms with Crippen molar-refractivity contribution in [3.05, 3.63) is 62.8 Å². The molecule has 0 amide bonds. The van der Waals surface area contributed by atoms with E-state index < -0.39 is 0 Å². The number of benzene rings is 1. The number of hydrogen-bond donors (Lipinski definition) is 0. The standard InChI is InChI=1S/C18H19FN4OS/c1-2-16-21-23-17(24)9-14(20-18(23)25-16)11-22(15-7-8-15)10-12-3-5-13(19)6-4-12/h3-6,9,15H,2,7-8,10-11H2,1H3. The van der Waals surface area contributed by atoms with Crippen LogP contribution in [0.15, 0.2) is 35.1 Å². The molecule has 1 aliphatic carbocycles. The van der Waals surface area contributed by atoms with Gasteiger partial charge in [-0.3, -0.25) is 9.69 Å². The molecule has 130 valence electrons. The molecule has 5 nitrogen and oxygen atoms in total. The SMILES string of the molecule is CCc1nn2c(=O)cc(CN(Cc3ccc(F)cc3)C3CC3)nc2s1. The Kier molecular flexibility index (Phi) is 4.35. The lowest BCUT2D eigenvalue weighted by atomic mass is 10.2. The summed E-state index contributed by atoms with van der Waals surface area (Å²) in [6.07, 6.45) is 3.10. The van der Waals surface area contributed by atoms with E-state index in [1.807, 2.05) is 19.1 Å². The summed E-state index contributed by atoms with van der Waals surface area (Å²) in [6, 6.07) is 8.69. The van der Waals surface area contributed by atoms with Gasteiger partial charge in [0, 0.05) is 25.2 Å². The van der Waals surface area contributed by atoms with E-state index in [4.69, 9.17) is 0 Å². The van der Waals surface area contributed by atoms with Crippen LogP contribution in [0.4, 0.5) is 4.39 Å². The van der Waals surface area contributed by atoms with Gasteiger partial charge in [0.05, 0.1) is 5.69 Å². The number of aryl methyl sites for hydroxylation is 1. The quantitative estimate of drug-likeness (QED) is 0.680. The highest BCUT2D eigenvalue weighted by atomic mass is 32.1. The molecule has 0 aliphatic heterocycles. The first-order valence-corrected chi connectivity index (χ1v) is 9.31. The molecule has 2 heterocycles. The van der Waals surface area contributed by atoms with Crippen LogP contribution in [0.1, 0.15) is 36.0 Å². The highest BCUT2D eigenvalue weighted by molar-refractivity contribution is 7.16. The van der Waals surface area contributed by atoms with Crippen molar-refractivity contribution in [2.45, 2.75) is 45.3 Å². The molecule has 0 atom stereocenters. The summed E-state index contributed by atoms with van der Waals surface area (Å²) >= 11 is 1.46. The van der Waals surface area contributed by atoms with E-state index >= 15 is 0 Å². The third kappa shape index (κ3) is 3.62. The zero-order valence-corrected chi connectivity index (χ0v) is 14.8. The van der Waals surface area contributed by atoms with E-state index in [1.54, 1.807) is 6.07 Å². The maximum atomic E-state index is 13.1. The number of aromatic nitrogens is 3. The first kappa shape index (κ1) is 16.4. The normalized spacial score (nSPS) is 14.5. The number of halogens is 1. The molecule has 0 bridgehead atoms.